The number of carbonyl (C=O) groups excluding carboxylic acids is 3. The van der Waals surface area contributed by atoms with Crippen molar-refractivity contribution in [2.24, 2.45) is 0 Å². The van der Waals surface area contributed by atoms with Gasteiger partial charge in [0.15, 0.2) is 6.10 Å². The van der Waals surface area contributed by atoms with E-state index in [1.807, 2.05) is 0 Å². The van der Waals surface area contributed by atoms with Gasteiger partial charge in [-0.05, 0) is 96.3 Å². The van der Waals surface area contributed by atoms with Gasteiger partial charge < -0.3 is 14.2 Å². The largest absolute Gasteiger partial charge is 0.462 e. The predicted octanol–water partition coefficient (Wildman–Crippen LogP) is 21.1. The van der Waals surface area contributed by atoms with E-state index in [4.69, 9.17) is 14.2 Å². The third kappa shape index (κ3) is 59.3. The van der Waals surface area contributed by atoms with Gasteiger partial charge in [-0.3, -0.25) is 14.4 Å². The Hall–Kier alpha value is -3.41. The second-order valence-corrected chi connectivity index (χ2v) is 20.6. The maximum absolute atomic E-state index is 12.9. The fraction of sp³-hybridized carbons (Fsp3) is 0.746. The fourth-order valence-electron chi connectivity index (χ4n) is 8.74. The lowest BCUT2D eigenvalue weighted by atomic mass is 10.1. The summed E-state index contributed by atoms with van der Waals surface area (Å²) in [5.41, 5.74) is 0. The Morgan fingerprint density at radius 1 is 0.288 bits per heavy atom. The molecule has 0 aromatic rings. The predicted molar refractivity (Wildman–Crippen MR) is 316 cm³/mol. The van der Waals surface area contributed by atoms with Gasteiger partial charge in [0.25, 0.3) is 0 Å². The van der Waals surface area contributed by atoms with Crippen molar-refractivity contribution < 1.29 is 28.6 Å². The number of allylic oxidation sites excluding steroid dienone is 14. The van der Waals surface area contributed by atoms with E-state index in [0.717, 1.165) is 109 Å². The average Bonchev–Trinajstić information content (AvgIpc) is 3.39. The molecule has 0 saturated heterocycles. The van der Waals surface area contributed by atoms with Gasteiger partial charge >= 0.3 is 17.9 Å². The van der Waals surface area contributed by atoms with E-state index in [2.05, 4.69) is 106 Å². The molecule has 420 valence electrons. The van der Waals surface area contributed by atoms with Crippen LogP contribution in [0, 0.1) is 0 Å². The highest BCUT2D eigenvalue weighted by atomic mass is 16.6. The fourth-order valence-corrected chi connectivity index (χ4v) is 8.74. The third-order valence-corrected chi connectivity index (χ3v) is 13.4. The molecule has 0 radical (unpaired) electrons. The minimum Gasteiger partial charge on any atom is -0.462 e. The second-order valence-electron chi connectivity index (χ2n) is 20.6. The van der Waals surface area contributed by atoms with E-state index in [1.165, 1.54) is 154 Å². The van der Waals surface area contributed by atoms with E-state index in [1.54, 1.807) is 0 Å². The first kappa shape index (κ1) is 69.6. The number of hydrogen-bond acceptors (Lipinski definition) is 6. The van der Waals surface area contributed by atoms with E-state index in [0.29, 0.717) is 19.3 Å². The lowest BCUT2D eigenvalue weighted by molar-refractivity contribution is -0.167. The molecule has 0 spiro atoms. The number of hydrogen-bond donors (Lipinski definition) is 0. The summed E-state index contributed by atoms with van der Waals surface area (Å²) in [7, 11) is 0. The quantitative estimate of drug-likeness (QED) is 0.0261. The summed E-state index contributed by atoms with van der Waals surface area (Å²) >= 11 is 0. The highest BCUT2D eigenvalue weighted by Crippen LogP contribution is 2.16. The molecular weight excluding hydrogens is 901 g/mol. The van der Waals surface area contributed by atoms with Gasteiger partial charge in [-0.1, -0.05) is 273 Å². The van der Waals surface area contributed by atoms with Crippen LogP contribution in [0.15, 0.2) is 85.1 Å². The molecule has 1 atom stereocenters. The molecule has 0 N–H and O–H groups in total. The zero-order valence-electron chi connectivity index (χ0n) is 48.1. The van der Waals surface area contributed by atoms with Crippen LogP contribution in [0.4, 0.5) is 0 Å². The first-order chi connectivity index (χ1) is 36.0. The highest BCUT2D eigenvalue weighted by molar-refractivity contribution is 5.71. The van der Waals surface area contributed by atoms with Crippen molar-refractivity contribution in [1.29, 1.82) is 0 Å². The number of unbranched alkanes of at least 4 members (excludes halogenated alkanes) is 31. The van der Waals surface area contributed by atoms with Crippen molar-refractivity contribution >= 4 is 17.9 Å². The minimum absolute atomic E-state index is 0.0794. The van der Waals surface area contributed by atoms with Gasteiger partial charge in [-0.15, -0.1) is 0 Å². The molecule has 0 fully saturated rings. The van der Waals surface area contributed by atoms with Gasteiger partial charge in [0.2, 0.25) is 0 Å². The smallest absolute Gasteiger partial charge is 0.306 e. The van der Waals surface area contributed by atoms with Crippen molar-refractivity contribution in [3.8, 4) is 0 Å². The van der Waals surface area contributed by atoms with Gasteiger partial charge in [-0.25, -0.2) is 0 Å². The summed E-state index contributed by atoms with van der Waals surface area (Å²) in [5.74, 6) is -0.887. The Morgan fingerprint density at radius 2 is 0.534 bits per heavy atom. The third-order valence-electron chi connectivity index (χ3n) is 13.4. The maximum Gasteiger partial charge on any atom is 0.306 e. The summed E-state index contributed by atoms with van der Waals surface area (Å²) < 4.78 is 16.9. The van der Waals surface area contributed by atoms with E-state index < -0.39 is 6.10 Å². The molecule has 6 nitrogen and oxygen atoms in total. The Balaban J connectivity index is 4.33. The van der Waals surface area contributed by atoms with Crippen LogP contribution in [-0.4, -0.2) is 37.2 Å². The molecule has 0 aliphatic carbocycles. The van der Waals surface area contributed by atoms with Crippen molar-refractivity contribution in [3.05, 3.63) is 85.1 Å². The molecule has 0 amide bonds. The van der Waals surface area contributed by atoms with Crippen LogP contribution in [0.1, 0.15) is 303 Å². The topological polar surface area (TPSA) is 78.9 Å². The normalized spacial score (nSPS) is 12.6. The zero-order chi connectivity index (χ0) is 52.9. The average molecular weight is 1020 g/mol. The Bertz CT molecular complexity index is 1400. The lowest BCUT2D eigenvalue weighted by Crippen LogP contribution is -2.30. The Labute approximate surface area is 452 Å². The summed E-state index contributed by atoms with van der Waals surface area (Å²) in [6, 6.07) is 0. The molecule has 6 heteroatoms. The summed E-state index contributed by atoms with van der Waals surface area (Å²) in [5, 5.41) is 0. The lowest BCUT2D eigenvalue weighted by Gasteiger charge is -2.18. The van der Waals surface area contributed by atoms with Gasteiger partial charge in [0.05, 0.1) is 0 Å². The standard InChI is InChI=1S/C67H116O6/c1-4-7-10-13-16-19-22-24-26-28-30-31-32-33-34-35-37-38-40-42-45-48-51-54-57-60-66(69)72-63-64(62-71-65(68)59-56-53-50-47-44-21-18-15-12-9-6-3)73-67(70)61-58-55-52-49-46-43-41-39-36-29-27-25-23-20-17-14-11-8-5-2/h7,10,16,19,24-27,30-31,33-34,37-38,64H,4-6,8-9,11-15,17-18,20-23,28-29,32,35-36,39-63H2,1-3H3/b10-7-,19-16-,26-24-,27-25-,31-30-,34-33-,38-37-. The van der Waals surface area contributed by atoms with Gasteiger partial charge in [0, 0.05) is 19.3 Å². The van der Waals surface area contributed by atoms with Crippen LogP contribution in [-0.2, 0) is 28.6 Å². The van der Waals surface area contributed by atoms with Crippen molar-refractivity contribution in [1.82, 2.24) is 0 Å². The number of ether oxygens (including phenoxy) is 3. The number of rotatable bonds is 56. The summed E-state index contributed by atoms with van der Waals surface area (Å²) in [6.45, 7) is 6.53. The SMILES string of the molecule is CC/C=C\C/C=C\C/C=C\C/C=C\C/C=C\C/C=C\CCCCCCCCC(=O)OCC(COC(=O)CCCCCCCCCCCCC)OC(=O)CCCCCCCCCCC/C=C\CCCCCCCC. The van der Waals surface area contributed by atoms with Crippen molar-refractivity contribution in [2.45, 2.75) is 309 Å². The van der Waals surface area contributed by atoms with E-state index in [9.17, 15) is 14.4 Å². The first-order valence-electron chi connectivity index (χ1n) is 31.1. The van der Waals surface area contributed by atoms with E-state index in [-0.39, 0.29) is 31.1 Å². The summed E-state index contributed by atoms with van der Waals surface area (Å²) in [4.78, 5) is 38.2. The zero-order valence-corrected chi connectivity index (χ0v) is 48.1. The maximum atomic E-state index is 12.9. The monoisotopic (exact) mass is 1020 g/mol. The molecule has 0 aromatic carbocycles. The van der Waals surface area contributed by atoms with Crippen LogP contribution in [0.5, 0.6) is 0 Å². The van der Waals surface area contributed by atoms with Crippen LogP contribution < -0.4 is 0 Å². The molecule has 1 unspecified atom stereocenters. The molecule has 73 heavy (non-hydrogen) atoms. The highest BCUT2D eigenvalue weighted by Gasteiger charge is 2.19. The molecule has 0 bridgehead atoms. The molecule has 0 heterocycles. The molecule has 0 saturated carbocycles. The molecule has 0 rings (SSSR count). The molecule has 0 aliphatic heterocycles. The second kappa shape index (κ2) is 61.1. The van der Waals surface area contributed by atoms with Crippen LogP contribution in [0.2, 0.25) is 0 Å². The van der Waals surface area contributed by atoms with E-state index >= 15 is 0 Å². The first-order valence-corrected chi connectivity index (χ1v) is 31.1. The van der Waals surface area contributed by atoms with Gasteiger partial charge in [0.1, 0.15) is 13.2 Å². The van der Waals surface area contributed by atoms with Gasteiger partial charge in [-0.2, -0.15) is 0 Å². The summed E-state index contributed by atoms with van der Waals surface area (Å²) in [6.07, 6.45) is 80.1. The van der Waals surface area contributed by atoms with Crippen LogP contribution >= 0.6 is 0 Å². The Kier molecular flexibility index (Phi) is 58.3. The molecule has 0 aliphatic rings. The Morgan fingerprint density at radius 3 is 0.849 bits per heavy atom. The number of carbonyl (C=O) groups is 3. The van der Waals surface area contributed by atoms with Crippen LogP contribution in [0.25, 0.3) is 0 Å². The molecular formula is C67H116O6. The minimum atomic E-state index is -0.783. The van der Waals surface area contributed by atoms with Crippen molar-refractivity contribution in [2.75, 3.05) is 13.2 Å². The van der Waals surface area contributed by atoms with Crippen LogP contribution in [0.3, 0.4) is 0 Å². The van der Waals surface area contributed by atoms with Crippen molar-refractivity contribution in [3.63, 3.8) is 0 Å². The molecule has 0 aromatic heterocycles. The number of esters is 3.